The molecule has 1 aliphatic heterocycles. The first-order valence-electron chi connectivity index (χ1n) is 9.46. The van der Waals surface area contributed by atoms with E-state index in [0.29, 0.717) is 0 Å². The van der Waals surface area contributed by atoms with E-state index in [4.69, 9.17) is 0 Å². The van der Waals surface area contributed by atoms with Gasteiger partial charge in [-0.05, 0) is 56.9 Å². The molecule has 0 aliphatic carbocycles. The quantitative estimate of drug-likeness (QED) is 0.328. The second kappa shape index (κ2) is 5.47. The van der Waals surface area contributed by atoms with Crippen LogP contribution in [0.2, 0.25) is 0 Å². The highest BCUT2D eigenvalue weighted by Gasteiger charge is 2.34. The normalized spacial score (nSPS) is 15.5. The first kappa shape index (κ1) is 16.1. The van der Waals surface area contributed by atoms with Gasteiger partial charge in [-0.3, -0.25) is 0 Å². The van der Waals surface area contributed by atoms with Crippen LogP contribution in [0.1, 0.15) is 25.0 Å². The maximum absolute atomic E-state index is 4.56. The molecule has 0 fully saturated rings. The van der Waals surface area contributed by atoms with Crippen LogP contribution in [-0.2, 0) is 5.41 Å². The molecule has 0 atom stereocenters. The summed E-state index contributed by atoms with van der Waals surface area (Å²) in [6.07, 6.45) is 0. The number of allylic oxidation sites excluding steroid dienone is 1. The third-order valence-corrected chi connectivity index (χ3v) is 6.20. The molecular weight excluding hydrogens is 326 g/mol. The van der Waals surface area contributed by atoms with Crippen molar-refractivity contribution in [3.63, 3.8) is 0 Å². The van der Waals surface area contributed by atoms with Gasteiger partial charge in [0.15, 0.2) is 0 Å². The fourth-order valence-electron chi connectivity index (χ4n) is 4.38. The van der Waals surface area contributed by atoms with Crippen molar-refractivity contribution in [3.05, 3.63) is 90.5 Å². The molecule has 4 aromatic rings. The van der Waals surface area contributed by atoms with Gasteiger partial charge < -0.3 is 4.90 Å². The largest absolute Gasteiger partial charge is 0.344 e. The van der Waals surface area contributed by atoms with Crippen molar-refractivity contribution in [2.24, 2.45) is 0 Å². The van der Waals surface area contributed by atoms with E-state index in [9.17, 15) is 0 Å². The zero-order valence-corrected chi connectivity index (χ0v) is 16.1. The molecule has 0 radical (unpaired) electrons. The number of fused-ring (bicyclic) bond motifs is 4. The number of hydrogen-bond donors (Lipinski definition) is 0. The molecule has 4 aromatic carbocycles. The van der Waals surface area contributed by atoms with Crippen molar-refractivity contribution in [2.75, 3.05) is 11.9 Å². The highest BCUT2D eigenvalue weighted by molar-refractivity contribution is 5.99. The monoisotopic (exact) mass is 349 g/mol. The second-order valence-corrected chi connectivity index (χ2v) is 8.10. The Labute approximate surface area is 160 Å². The van der Waals surface area contributed by atoms with Crippen LogP contribution in [0.4, 0.5) is 11.4 Å². The van der Waals surface area contributed by atoms with E-state index in [0.717, 1.165) is 0 Å². The molecule has 0 unspecified atom stereocenters. The highest BCUT2D eigenvalue weighted by Crippen LogP contribution is 2.50. The summed E-state index contributed by atoms with van der Waals surface area (Å²) in [6, 6.07) is 26.4. The van der Waals surface area contributed by atoms with Crippen LogP contribution in [0.5, 0.6) is 0 Å². The molecular formula is C26H23N. The first-order valence-corrected chi connectivity index (χ1v) is 9.46. The Morgan fingerprint density at radius 3 is 1.78 bits per heavy atom. The Morgan fingerprint density at radius 1 is 0.704 bits per heavy atom. The Bertz CT molecular complexity index is 1230. The van der Waals surface area contributed by atoms with Gasteiger partial charge in [-0.15, -0.1) is 0 Å². The lowest BCUT2D eigenvalue weighted by molar-refractivity contribution is 0.699. The molecule has 0 N–H and O–H groups in total. The van der Waals surface area contributed by atoms with Gasteiger partial charge in [0.05, 0.1) is 0 Å². The number of anilines is 2. The van der Waals surface area contributed by atoms with Crippen LogP contribution < -0.4 is 4.90 Å². The van der Waals surface area contributed by atoms with Crippen molar-refractivity contribution in [2.45, 2.75) is 19.3 Å². The summed E-state index contributed by atoms with van der Waals surface area (Å²) in [5, 5.41) is 5.08. The lowest BCUT2D eigenvalue weighted by atomic mass is 9.75. The number of benzene rings is 4. The zero-order chi connectivity index (χ0) is 18.8. The molecule has 1 nitrogen and oxygen atoms in total. The van der Waals surface area contributed by atoms with Crippen LogP contribution in [0.15, 0.2) is 79.4 Å². The van der Waals surface area contributed by atoms with Crippen LogP contribution in [0, 0.1) is 0 Å². The van der Waals surface area contributed by atoms with Gasteiger partial charge in [-0.1, -0.05) is 69.0 Å². The van der Waals surface area contributed by atoms with Gasteiger partial charge in [0.1, 0.15) is 0 Å². The summed E-state index contributed by atoms with van der Waals surface area (Å²) in [6.45, 7) is 9.15. The van der Waals surface area contributed by atoms with Gasteiger partial charge in [0, 0.05) is 29.4 Å². The van der Waals surface area contributed by atoms with Crippen molar-refractivity contribution < 1.29 is 0 Å². The molecule has 0 saturated carbocycles. The minimum absolute atomic E-state index is 0.151. The lowest BCUT2D eigenvalue weighted by Crippen LogP contribution is -2.19. The molecule has 0 amide bonds. The van der Waals surface area contributed by atoms with Crippen molar-refractivity contribution in [3.8, 4) is 0 Å². The molecule has 5 rings (SSSR count). The zero-order valence-electron chi connectivity index (χ0n) is 16.1. The second-order valence-electron chi connectivity index (χ2n) is 8.10. The van der Waals surface area contributed by atoms with Gasteiger partial charge >= 0.3 is 0 Å². The maximum Gasteiger partial charge on any atom is 0.0491 e. The standard InChI is InChI=1S/C26H23N/c1-17-22-13-18-9-5-7-11-20(18)15-24(22)27(4)25-16-21-12-8-6-10-19(21)14-23(25)26(17,2)3/h5-16H,1H2,2-4H3. The molecule has 132 valence electrons. The predicted octanol–water partition coefficient (Wildman–Crippen LogP) is 7.07. The predicted molar refractivity (Wildman–Crippen MR) is 118 cm³/mol. The third kappa shape index (κ3) is 2.24. The summed E-state index contributed by atoms with van der Waals surface area (Å²) >= 11 is 0. The Morgan fingerprint density at radius 2 is 1.19 bits per heavy atom. The summed E-state index contributed by atoms with van der Waals surface area (Å²) in [4.78, 5) is 2.34. The fourth-order valence-corrected chi connectivity index (χ4v) is 4.38. The maximum atomic E-state index is 4.56. The fraction of sp³-hybridized carbons (Fsp3) is 0.154. The minimum atomic E-state index is -0.151. The molecule has 0 spiro atoms. The van der Waals surface area contributed by atoms with E-state index in [-0.39, 0.29) is 5.41 Å². The van der Waals surface area contributed by atoms with E-state index in [1.807, 2.05) is 0 Å². The summed E-state index contributed by atoms with van der Waals surface area (Å²) in [5.41, 5.74) is 6.07. The SMILES string of the molecule is C=C1c2cc3ccccc3cc2N(C)c2cc3ccccc3cc2C1(C)C. The van der Waals surface area contributed by atoms with Crippen molar-refractivity contribution >= 4 is 38.5 Å². The minimum Gasteiger partial charge on any atom is -0.344 e. The molecule has 0 saturated heterocycles. The van der Waals surface area contributed by atoms with Crippen LogP contribution in [0.3, 0.4) is 0 Å². The number of nitrogens with zero attached hydrogens (tertiary/aromatic N) is 1. The van der Waals surface area contributed by atoms with E-state index in [1.54, 1.807) is 0 Å². The Kier molecular flexibility index (Phi) is 3.27. The number of rotatable bonds is 0. The number of hydrogen-bond acceptors (Lipinski definition) is 1. The van der Waals surface area contributed by atoms with Gasteiger partial charge in [-0.2, -0.15) is 0 Å². The Hall–Kier alpha value is -3.06. The van der Waals surface area contributed by atoms with Crippen LogP contribution in [0.25, 0.3) is 27.1 Å². The summed E-state index contributed by atoms with van der Waals surface area (Å²) in [7, 11) is 2.18. The van der Waals surface area contributed by atoms with Crippen molar-refractivity contribution in [1.29, 1.82) is 0 Å². The van der Waals surface area contributed by atoms with E-state index >= 15 is 0 Å². The lowest BCUT2D eigenvalue weighted by Gasteiger charge is -2.29. The van der Waals surface area contributed by atoms with Crippen molar-refractivity contribution in [1.82, 2.24) is 0 Å². The average molecular weight is 349 g/mol. The van der Waals surface area contributed by atoms with Crippen LogP contribution >= 0.6 is 0 Å². The molecule has 27 heavy (non-hydrogen) atoms. The van der Waals surface area contributed by atoms with E-state index < -0.39 is 0 Å². The van der Waals surface area contributed by atoms with Crippen LogP contribution in [-0.4, -0.2) is 7.05 Å². The van der Waals surface area contributed by atoms with E-state index in [1.165, 1.54) is 49.6 Å². The average Bonchev–Trinajstić information content (AvgIpc) is 2.75. The Balaban J connectivity index is 1.88. The topological polar surface area (TPSA) is 3.24 Å². The summed E-state index contributed by atoms with van der Waals surface area (Å²) in [5.74, 6) is 0. The van der Waals surface area contributed by atoms with Gasteiger partial charge in [-0.25, -0.2) is 0 Å². The molecule has 0 aromatic heterocycles. The smallest absolute Gasteiger partial charge is 0.0491 e. The molecule has 1 aliphatic rings. The molecule has 1 heteroatoms. The molecule has 1 heterocycles. The third-order valence-electron chi connectivity index (χ3n) is 6.20. The highest BCUT2D eigenvalue weighted by atomic mass is 15.1. The molecule has 0 bridgehead atoms. The van der Waals surface area contributed by atoms with Gasteiger partial charge in [0.25, 0.3) is 0 Å². The van der Waals surface area contributed by atoms with E-state index in [2.05, 4.69) is 105 Å². The first-order chi connectivity index (χ1) is 13.0. The van der Waals surface area contributed by atoms with Gasteiger partial charge in [0.2, 0.25) is 0 Å². The summed E-state index contributed by atoms with van der Waals surface area (Å²) < 4.78 is 0.